The van der Waals surface area contributed by atoms with Crippen LogP contribution in [0.2, 0.25) is 0 Å². The molecule has 0 bridgehead atoms. The molecule has 0 aliphatic rings. The van der Waals surface area contributed by atoms with Gasteiger partial charge >= 0.3 is 5.69 Å². The van der Waals surface area contributed by atoms with Crippen LogP contribution in [0.1, 0.15) is 11.3 Å². The van der Waals surface area contributed by atoms with Crippen molar-refractivity contribution in [2.24, 2.45) is 0 Å². The second-order valence-electron chi connectivity index (χ2n) is 6.44. The van der Waals surface area contributed by atoms with Crippen LogP contribution in [0.15, 0.2) is 73.2 Å². The third kappa shape index (κ3) is 4.25. The van der Waals surface area contributed by atoms with Gasteiger partial charge in [-0.1, -0.05) is 30.3 Å². The summed E-state index contributed by atoms with van der Waals surface area (Å²) >= 11 is 0. The molecule has 0 amide bonds. The zero-order valence-corrected chi connectivity index (χ0v) is 16.1. The average Bonchev–Trinajstić information content (AvgIpc) is 3.23. The molecule has 0 atom stereocenters. The highest BCUT2D eigenvalue weighted by atomic mass is 16.6. The molecule has 30 heavy (non-hydrogen) atoms. The van der Waals surface area contributed by atoms with Crippen molar-refractivity contribution in [2.75, 3.05) is 12.4 Å². The van der Waals surface area contributed by atoms with Crippen molar-refractivity contribution in [1.29, 1.82) is 0 Å². The maximum absolute atomic E-state index is 11.4. The highest BCUT2D eigenvalue weighted by Crippen LogP contribution is 2.23. The van der Waals surface area contributed by atoms with Gasteiger partial charge in [0.2, 0.25) is 5.95 Å². The van der Waals surface area contributed by atoms with E-state index in [1.165, 1.54) is 6.20 Å². The number of nitrogens with zero attached hydrogens (tertiary/aromatic N) is 5. The molecule has 0 aliphatic carbocycles. The van der Waals surface area contributed by atoms with Crippen molar-refractivity contribution in [3.05, 3.63) is 94.6 Å². The number of hydrogen-bond donors (Lipinski definition) is 1. The fourth-order valence-electron chi connectivity index (χ4n) is 2.93. The van der Waals surface area contributed by atoms with E-state index in [1.807, 2.05) is 42.5 Å². The molecule has 2 aromatic carbocycles. The maximum atomic E-state index is 11.4. The second-order valence-corrected chi connectivity index (χ2v) is 6.44. The number of aromatic nitrogens is 4. The summed E-state index contributed by atoms with van der Waals surface area (Å²) in [5, 5.41) is 18.8. The Labute approximate surface area is 172 Å². The highest BCUT2D eigenvalue weighted by molar-refractivity contribution is 5.53. The SMILES string of the molecule is COc1ccc(Cc2nc(Nc3cnn(-c4ccccc4)c3)ncc2[N+](=O)[O-])cc1. The number of hydrogen-bond acceptors (Lipinski definition) is 7. The first-order chi connectivity index (χ1) is 14.6. The van der Waals surface area contributed by atoms with E-state index in [-0.39, 0.29) is 11.6 Å². The minimum atomic E-state index is -0.476. The first-order valence-electron chi connectivity index (χ1n) is 9.13. The topological polar surface area (TPSA) is 108 Å². The summed E-state index contributed by atoms with van der Waals surface area (Å²) in [6, 6.07) is 17.0. The number of benzene rings is 2. The lowest BCUT2D eigenvalue weighted by Gasteiger charge is -2.07. The second kappa shape index (κ2) is 8.39. The number of nitro groups is 1. The van der Waals surface area contributed by atoms with Crippen LogP contribution >= 0.6 is 0 Å². The zero-order valence-electron chi connectivity index (χ0n) is 16.1. The van der Waals surface area contributed by atoms with Crippen molar-refractivity contribution >= 4 is 17.3 Å². The van der Waals surface area contributed by atoms with Gasteiger partial charge in [0.15, 0.2) is 0 Å². The normalized spacial score (nSPS) is 10.6. The van der Waals surface area contributed by atoms with Crippen LogP contribution in [-0.4, -0.2) is 31.8 Å². The van der Waals surface area contributed by atoms with E-state index in [2.05, 4.69) is 20.4 Å². The molecular formula is C21H18N6O3. The molecule has 0 radical (unpaired) electrons. The summed E-state index contributed by atoms with van der Waals surface area (Å²) in [6.07, 6.45) is 4.95. The van der Waals surface area contributed by atoms with Crippen LogP contribution in [0.4, 0.5) is 17.3 Å². The fourth-order valence-corrected chi connectivity index (χ4v) is 2.93. The van der Waals surface area contributed by atoms with Crippen molar-refractivity contribution in [1.82, 2.24) is 19.7 Å². The van der Waals surface area contributed by atoms with Crippen molar-refractivity contribution < 1.29 is 9.66 Å². The minimum absolute atomic E-state index is 0.128. The third-order valence-electron chi connectivity index (χ3n) is 4.43. The lowest BCUT2D eigenvalue weighted by atomic mass is 10.1. The van der Waals surface area contributed by atoms with Gasteiger partial charge in [-0.2, -0.15) is 5.10 Å². The Hall–Kier alpha value is -4.27. The molecule has 0 saturated heterocycles. The first-order valence-corrected chi connectivity index (χ1v) is 9.13. The lowest BCUT2D eigenvalue weighted by Crippen LogP contribution is -2.05. The maximum Gasteiger partial charge on any atom is 0.309 e. The number of rotatable bonds is 7. The van der Waals surface area contributed by atoms with Gasteiger partial charge < -0.3 is 10.1 Å². The molecule has 9 heteroatoms. The largest absolute Gasteiger partial charge is 0.497 e. The van der Waals surface area contributed by atoms with Gasteiger partial charge in [-0.05, 0) is 29.8 Å². The molecular weight excluding hydrogens is 384 g/mol. The standard InChI is InChI=1S/C21H18N6O3/c1-30-18-9-7-15(8-10-18)11-19-20(27(28)29)13-22-21(25-19)24-16-12-23-26(14-16)17-5-3-2-4-6-17/h2-10,12-14H,11H2,1H3,(H,22,24,25). The van der Waals surface area contributed by atoms with Gasteiger partial charge in [-0.3, -0.25) is 10.1 Å². The molecule has 0 aliphatic heterocycles. The Balaban J connectivity index is 1.57. The van der Waals surface area contributed by atoms with Crippen LogP contribution in [0.3, 0.4) is 0 Å². The quantitative estimate of drug-likeness (QED) is 0.369. The van der Waals surface area contributed by atoms with Crippen LogP contribution in [-0.2, 0) is 6.42 Å². The van der Waals surface area contributed by atoms with Gasteiger partial charge in [0.05, 0.1) is 35.8 Å². The minimum Gasteiger partial charge on any atom is -0.497 e. The number of anilines is 2. The van der Waals surface area contributed by atoms with Crippen molar-refractivity contribution in [3.63, 3.8) is 0 Å². The van der Waals surface area contributed by atoms with E-state index >= 15 is 0 Å². The molecule has 0 unspecified atom stereocenters. The van der Waals surface area contributed by atoms with E-state index in [9.17, 15) is 10.1 Å². The van der Waals surface area contributed by atoms with E-state index in [0.717, 1.165) is 11.3 Å². The molecule has 0 fully saturated rings. The van der Waals surface area contributed by atoms with Crippen LogP contribution < -0.4 is 10.1 Å². The Kier molecular flexibility index (Phi) is 5.33. The van der Waals surface area contributed by atoms with Gasteiger partial charge in [0, 0.05) is 6.42 Å². The molecule has 150 valence electrons. The molecule has 4 rings (SSSR count). The molecule has 0 spiro atoms. The summed E-state index contributed by atoms with van der Waals surface area (Å²) < 4.78 is 6.86. The summed E-state index contributed by atoms with van der Waals surface area (Å²) in [5.74, 6) is 0.977. The van der Waals surface area contributed by atoms with E-state index in [1.54, 1.807) is 36.3 Å². The van der Waals surface area contributed by atoms with Crippen LogP contribution in [0.5, 0.6) is 5.75 Å². The molecule has 9 nitrogen and oxygen atoms in total. The van der Waals surface area contributed by atoms with E-state index in [4.69, 9.17) is 4.74 Å². The van der Waals surface area contributed by atoms with Crippen LogP contribution in [0.25, 0.3) is 5.69 Å². The third-order valence-corrected chi connectivity index (χ3v) is 4.43. The summed E-state index contributed by atoms with van der Waals surface area (Å²) in [7, 11) is 1.59. The predicted molar refractivity (Wildman–Crippen MR) is 111 cm³/mol. The van der Waals surface area contributed by atoms with Crippen LogP contribution in [0, 0.1) is 10.1 Å². The first kappa shape index (κ1) is 19.1. The average molecular weight is 402 g/mol. The van der Waals surface area contributed by atoms with Gasteiger partial charge in [0.1, 0.15) is 17.6 Å². The fraction of sp³-hybridized carbons (Fsp3) is 0.0952. The van der Waals surface area contributed by atoms with Gasteiger partial charge in [-0.15, -0.1) is 0 Å². The summed E-state index contributed by atoms with van der Waals surface area (Å²) in [5.41, 5.74) is 2.65. The van der Waals surface area contributed by atoms with Crippen molar-refractivity contribution in [2.45, 2.75) is 6.42 Å². The van der Waals surface area contributed by atoms with E-state index in [0.29, 0.717) is 23.6 Å². The Bertz CT molecular complexity index is 1160. The molecule has 2 aromatic heterocycles. The smallest absolute Gasteiger partial charge is 0.309 e. The number of methoxy groups -OCH3 is 1. The number of nitrogens with one attached hydrogen (secondary N) is 1. The molecule has 4 aromatic rings. The van der Waals surface area contributed by atoms with Crippen molar-refractivity contribution in [3.8, 4) is 11.4 Å². The zero-order chi connectivity index (χ0) is 20.9. The monoisotopic (exact) mass is 402 g/mol. The Morgan fingerprint density at radius 3 is 2.57 bits per heavy atom. The summed E-state index contributed by atoms with van der Waals surface area (Å²) in [6.45, 7) is 0. The lowest BCUT2D eigenvalue weighted by molar-refractivity contribution is -0.386. The predicted octanol–water partition coefficient (Wildman–Crippen LogP) is 3.91. The Morgan fingerprint density at radius 1 is 1.10 bits per heavy atom. The summed E-state index contributed by atoms with van der Waals surface area (Å²) in [4.78, 5) is 19.4. The van der Waals surface area contributed by atoms with Gasteiger partial charge in [-0.25, -0.2) is 14.6 Å². The highest BCUT2D eigenvalue weighted by Gasteiger charge is 2.18. The Morgan fingerprint density at radius 2 is 1.87 bits per heavy atom. The van der Waals surface area contributed by atoms with Gasteiger partial charge in [0.25, 0.3) is 0 Å². The molecule has 0 saturated carbocycles. The van der Waals surface area contributed by atoms with E-state index < -0.39 is 4.92 Å². The molecule has 2 heterocycles. The molecule has 1 N–H and O–H groups in total. The number of para-hydroxylation sites is 1. The number of ether oxygens (including phenoxy) is 1.